The van der Waals surface area contributed by atoms with Gasteiger partial charge in [0.05, 0.1) is 18.7 Å². The Hall–Kier alpha value is -3.48. The van der Waals surface area contributed by atoms with E-state index in [1.165, 1.54) is 24.3 Å². The molecule has 0 aliphatic carbocycles. The van der Waals surface area contributed by atoms with E-state index in [0.29, 0.717) is 11.1 Å². The van der Waals surface area contributed by atoms with Crippen molar-refractivity contribution in [3.05, 3.63) is 77.1 Å². The summed E-state index contributed by atoms with van der Waals surface area (Å²) in [5.41, 5.74) is 0.569. The van der Waals surface area contributed by atoms with Gasteiger partial charge in [-0.2, -0.15) is 0 Å². The third-order valence-electron chi connectivity index (χ3n) is 4.30. The lowest BCUT2D eigenvalue weighted by Crippen LogP contribution is -2.35. The van der Waals surface area contributed by atoms with E-state index in [4.69, 9.17) is 0 Å². The molecule has 1 aliphatic rings. The molecule has 1 heterocycles. The highest BCUT2D eigenvalue weighted by Gasteiger charge is 2.46. The van der Waals surface area contributed by atoms with Gasteiger partial charge < -0.3 is 14.7 Å². The van der Waals surface area contributed by atoms with Crippen LogP contribution in [0.5, 0.6) is 0 Å². The van der Waals surface area contributed by atoms with Gasteiger partial charge in [-0.15, -0.1) is 0 Å². The molecule has 6 nitrogen and oxygen atoms in total. The van der Waals surface area contributed by atoms with Gasteiger partial charge in [-0.25, -0.2) is 4.39 Å². The lowest BCUT2D eigenvalue weighted by Gasteiger charge is -2.24. The number of carbonyl (C=O) groups is 3. The first-order valence-electron chi connectivity index (χ1n) is 8.10. The Labute approximate surface area is 154 Å². The summed E-state index contributed by atoms with van der Waals surface area (Å²) >= 11 is 0. The molecule has 2 aromatic carbocycles. The van der Waals surface area contributed by atoms with Crippen molar-refractivity contribution >= 4 is 23.4 Å². The van der Waals surface area contributed by atoms with Crippen LogP contribution in [0, 0.1) is 5.82 Å². The monoisotopic (exact) mass is 369 g/mol. The number of nitrogens with zero attached hydrogens (tertiary/aromatic N) is 1. The molecular weight excluding hydrogens is 353 g/mol. The van der Waals surface area contributed by atoms with E-state index in [9.17, 15) is 23.9 Å². The maximum Gasteiger partial charge on any atom is 0.325 e. The second-order valence-corrected chi connectivity index (χ2v) is 5.92. The van der Waals surface area contributed by atoms with E-state index < -0.39 is 36.1 Å². The van der Waals surface area contributed by atoms with Gasteiger partial charge in [0.1, 0.15) is 18.1 Å². The molecular formula is C20H16FNO5. The molecule has 0 bridgehead atoms. The summed E-state index contributed by atoms with van der Waals surface area (Å²) in [4.78, 5) is 37.9. The number of esters is 1. The number of benzene rings is 2. The lowest BCUT2D eigenvalue weighted by atomic mass is 9.95. The van der Waals surface area contributed by atoms with Gasteiger partial charge in [0.25, 0.3) is 11.7 Å². The first-order valence-corrected chi connectivity index (χ1v) is 8.10. The predicted molar refractivity (Wildman–Crippen MR) is 93.9 cm³/mol. The van der Waals surface area contributed by atoms with Crippen LogP contribution in [-0.2, 0) is 19.1 Å². The molecule has 0 aromatic heterocycles. The zero-order chi connectivity index (χ0) is 19.6. The predicted octanol–water partition coefficient (Wildman–Crippen LogP) is 2.42. The summed E-state index contributed by atoms with van der Waals surface area (Å²) in [6, 6.07) is 12.4. The Kier molecular flexibility index (Phi) is 5.03. The van der Waals surface area contributed by atoms with Crippen molar-refractivity contribution in [3.63, 3.8) is 0 Å². The van der Waals surface area contributed by atoms with Gasteiger partial charge in [0.2, 0.25) is 0 Å². The summed E-state index contributed by atoms with van der Waals surface area (Å²) < 4.78 is 17.9. The number of halogens is 1. The van der Waals surface area contributed by atoms with Crippen LogP contribution in [0.2, 0.25) is 0 Å². The minimum Gasteiger partial charge on any atom is -0.507 e. The molecule has 1 fully saturated rings. The van der Waals surface area contributed by atoms with Crippen LogP contribution in [0.25, 0.3) is 5.76 Å². The molecule has 0 unspecified atom stereocenters. The Bertz CT molecular complexity index is 921. The first-order chi connectivity index (χ1) is 12.9. The number of aliphatic hydroxyl groups is 1. The molecule has 0 radical (unpaired) electrons. The molecule has 7 heteroatoms. The number of ether oxygens (including phenoxy) is 1. The Morgan fingerprint density at radius 2 is 1.74 bits per heavy atom. The normalized spacial score (nSPS) is 18.6. The highest BCUT2D eigenvalue weighted by Crippen LogP contribution is 2.39. The standard InChI is InChI=1S/C20H16FNO5/c1-27-15(23)11-22-17(12-7-9-14(21)10-8-12)16(19(25)20(22)26)18(24)13-5-3-2-4-6-13/h2-10,17,24H,11H2,1H3/t17-/m1/s1. The largest absolute Gasteiger partial charge is 0.507 e. The van der Waals surface area contributed by atoms with E-state index in [0.717, 1.165) is 12.0 Å². The number of aliphatic hydroxyl groups excluding tert-OH is 1. The average Bonchev–Trinajstić information content (AvgIpc) is 2.93. The highest BCUT2D eigenvalue weighted by molar-refractivity contribution is 6.46. The minimum absolute atomic E-state index is 0.165. The minimum atomic E-state index is -1.04. The maximum absolute atomic E-state index is 13.3. The van der Waals surface area contributed by atoms with Gasteiger partial charge >= 0.3 is 5.97 Å². The van der Waals surface area contributed by atoms with Gasteiger partial charge in [-0.1, -0.05) is 42.5 Å². The van der Waals surface area contributed by atoms with Crippen LogP contribution in [0.15, 0.2) is 60.2 Å². The summed E-state index contributed by atoms with van der Waals surface area (Å²) in [5, 5.41) is 10.7. The zero-order valence-electron chi connectivity index (χ0n) is 14.4. The van der Waals surface area contributed by atoms with Gasteiger partial charge in [0, 0.05) is 5.56 Å². The molecule has 0 saturated carbocycles. The number of hydrogen-bond donors (Lipinski definition) is 1. The number of amides is 1. The summed E-state index contributed by atoms with van der Waals surface area (Å²) in [6.07, 6.45) is 0. The zero-order valence-corrected chi connectivity index (χ0v) is 14.4. The van der Waals surface area contributed by atoms with Gasteiger partial charge in [-0.05, 0) is 17.7 Å². The average molecular weight is 369 g/mol. The second-order valence-electron chi connectivity index (χ2n) is 5.92. The SMILES string of the molecule is COC(=O)CN1C(=O)C(=O)C(=C(O)c2ccccc2)[C@H]1c1ccc(F)cc1. The number of hydrogen-bond acceptors (Lipinski definition) is 5. The highest BCUT2D eigenvalue weighted by atomic mass is 19.1. The smallest absolute Gasteiger partial charge is 0.325 e. The van der Waals surface area contributed by atoms with Crippen molar-refractivity contribution in [2.24, 2.45) is 0 Å². The number of methoxy groups -OCH3 is 1. The Morgan fingerprint density at radius 1 is 1.11 bits per heavy atom. The third kappa shape index (κ3) is 3.44. The Balaban J connectivity index is 2.17. The second kappa shape index (κ2) is 7.41. The number of ketones is 1. The van der Waals surface area contributed by atoms with Gasteiger partial charge in [-0.3, -0.25) is 14.4 Å². The molecule has 2 aromatic rings. The Morgan fingerprint density at radius 3 is 2.33 bits per heavy atom. The molecule has 1 atom stereocenters. The van der Waals surface area contributed by atoms with Crippen molar-refractivity contribution < 1.29 is 28.6 Å². The molecule has 1 N–H and O–H groups in total. The van der Waals surface area contributed by atoms with Gasteiger partial charge in [0.15, 0.2) is 0 Å². The molecule has 0 spiro atoms. The first kappa shape index (κ1) is 18.3. The molecule has 3 rings (SSSR count). The van der Waals surface area contributed by atoms with E-state index in [1.54, 1.807) is 30.3 Å². The van der Waals surface area contributed by atoms with Crippen molar-refractivity contribution in [2.45, 2.75) is 6.04 Å². The van der Waals surface area contributed by atoms with Crippen LogP contribution >= 0.6 is 0 Å². The number of rotatable bonds is 4. The van der Waals surface area contributed by atoms with E-state index in [1.807, 2.05) is 0 Å². The van der Waals surface area contributed by atoms with Crippen LogP contribution in [-0.4, -0.2) is 41.3 Å². The molecule has 1 amide bonds. The van der Waals surface area contributed by atoms with Crippen molar-refractivity contribution in [1.82, 2.24) is 4.90 Å². The van der Waals surface area contributed by atoms with Crippen LogP contribution in [0.1, 0.15) is 17.2 Å². The lowest BCUT2D eigenvalue weighted by molar-refractivity contribution is -0.148. The maximum atomic E-state index is 13.3. The topological polar surface area (TPSA) is 83.9 Å². The van der Waals surface area contributed by atoms with E-state index in [2.05, 4.69) is 4.74 Å². The third-order valence-corrected chi connectivity index (χ3v) is 4.30. The van der Waals surface area contributed by atoms with E-state index >= 15 is 0 Å². The molecule has 1 aliphatic heterocycles. The fourth-order valence-corrected chi connectivity index (χ4v) is 2.99. The van der Waals surface area contributed by atoms with E-state index in [-0.39, 0.29) is 11.3 Å². The summed E-state index contributed by atoms with van der Waals surface area (Å²) in [6.45, 7) is -0.477. The fourth-order valence-electron chi connectivity index (χ4n) is 2.99. The van der Waals surface area contributed by atoms with Crippen molar-refractivity contribution in [3.8, 4) is 0 Å². The summed E-state index contributed by atoms with van der Waals surface area (Å²) in [7, 11) is 1.16. The van der Waals surface area contributed by atoms with Crippen LogP contribution in [0.4, 0.5) is 4.39 Å². The van der Waals surface area contributed by atoms with Crippen molar-refractivity contribution in [1.29, 1.82) is 0 Å². The quantitative estimate of drug-likeness (QED) is 0.387. The molecule has 27 heavy (non-hydrogen) atoms. The van der Waals surface area contributed by atoms with Crippen molar-refractivity contribution in [2.75, 3.05) is 13.7 Å². The fraction of sp³-hybridized carbons (Fsp3) is 0.150. The van der Waals surface area contributed by atoms with Crippen LogP contribution in [0.3, 0.4) is 0 Å². The number of carbonyl (C=O) groups excluding carboxylic acids is 3. The summed E-state index contributed by atoms with van der Waals surface area (Å²) in [5.74, 6) is -3.44. The molecule has 138 valence electrons. The molecule has 1 saturated heterocycles. The number of Topliss-reactive ketones (excluding diaryl/α,β-unsaturated/α-hetero) is 1. The van der Waals surface area contributed by atoms with Crippen LogP contribution < -0.4 is 0 Å². The number of likely N-dealkylation sites (tertiary alicyclic amines) is 1.